The molecule has 1 aromatic rings. The van der Waals surface area contributed by atoms with E-state index in [1.807, 2.05) is 30.3 Å². The minimum Gasteiger partial charge on any atom is -0.493 e. The minimum absolute atomic E-state index is 0.00858. The molecule has 0 fully saturated rings. The molecular weight excluding hydrogens is 208 g/mol. The van der Waals surface area contributed by atoms with Crippen molar-refractivity contribution < 1.29 is 19.4 Å². The number of ether oxygens (including phenoxy) is 2. The van der Waals surface area contributed by atoms with Gasteiger partial charge in [0.1, 0.15) is 5.75 Å². The Hall–Kier alpha value is -1.55. The van der Waals surface area contributed by atoms with E-state index in [2.05, 4.69) is 4.74 Å². The highest BCUT2D eigenvalue weighted by atomic mass is 16.5. The van der Waals surface area contributed by atoms with Gasteiger partial charge in [0.05, 0.1) is 26.2 Å². The van der Waals surface area contributed by atoms with Crippen molar-refractivity contribution >= 4 is 5.97 Å². The number of carbonyl (C=O) groups excluding carboxylic acids is 1. The predicted molar refractivity (Wildman–Crippen MR) is 59.2 cm³/mol. The summed E-state index contributed by atoms with van der Waals surface area (Å²) >= 11 is 0. The van der Waals surface area contributed by atoms with Gasteiger partial charge >= 0.3 is 5.97 Å². The Morgan fingerprint density at radius 1 is 1.38 bits per heavy atom. The Morgan fingerprint density at radius 2 is 2.06 bits per heavy atom. The van der Waals surface area contributed by atoms with Gasteiger partial charge < -0.3 is 14.6 Å². The molecule has 0 aromatic heterocycles. The molecule has 1 N–H and O–H groups in total. The van der Waals surface area contributed by atoms with Gasteiger partial charge in [0, 0.05) is 6.42 Å². The Bertz CT molecular complexity index is 310. The highest BCUT2D eigenvalue weighted by Gasteiger charge is 2.10. The monoisotopic (exact) mass is 224 g/mol. The number of methoxy groups -OCH3 is 1. The fraction of sp³-hybridized carbons (Fsp3) is 0.417. The molecule has 0 aliphatic rings. The fourth-order valence-electron chi connectivity index (χ4n) is 1.21. The molecule has 4 nitrogen and oxygen atoms in total. The van der Waals surface area contributed by atoms with Crippen LogP contribution in [0.5, 0.6) is 5.75 Å². The molecule has 88 valence electrons. The van der Waals surface area contributed by atoms with Gasteiger partial charge in [-0.15, -0.1) is 0 Å². The summed E-state index contributed by atoms with van der Waals surface area (Å²) in [7, 11) is 1.30. The molecule has 0 aliphatic heterocycles. The lowest BCUT2D eigenvalue weighted by atomic mass is 10.2. The maximum absolute atomic E-state index is 10.8. The number of carbonyl (C=O) groups is 1. The van der Waals surface area contributed by atoms with Crippen molar-refractivity contribution in [2.24, 2.45) is 0 Å². The quantitative estimate of drug-likeness (QED) is 0.742. The first-order valence-electron chi connectivity index (χ1n) is 5.15. The first-order chi connectivity index (χ1) is 7.72. The van der Waals surface area contributed by atoms with Crippen molar-refractivity contribution in [3.63, 3.8) is 0 Å². The number of aliphatic hydroxyl groups excluding tert-OH is 1. The molecule has 1 rings (SSSR count). The third kappa shape index (κ3) is 4.79. The topological polar surface area (TPSA) is 55.8 Å². The maximum atomic E-state index is 10.8. The molecule has 0 amide bonds. The SMILES string of the molecule is COC(=O)CC(O)CCOc1ccccc1. The van der Waals surface area contributed by atoms with Crippen LogP contribution in [0.15, 0.2) is 30.3 Å². The van der Waals surface area contributed by atoms with Gasteiger partial charge in [0.25, 0.3) is 0 Å². The van der Waals surface area contributed by atoms with Crippen molar-refractivity contribution in [3.8, 4) is 5.75 Å². The second-order valence-electron chi connectivity index (χ2n) is 3.38. The molecule has 0 bridgehead atoms. The van der Waals surface area contributed by atoms with Gasteiger partial charge in [-0.25, -0.2) is 0 Å². The number of rotatable bonds is 6. The van der Waals surface area contributed by atoms with E-state index in [1.165, 1.54) is 7.11 Å². The lowest BCUT2D eigenvalue weighted by Crippen LogP contribution is -2.17. The number of esters is 1. The normalized spacial score (nSPS) is 11.9. The molecule has 0 heterocycles. The third-order valence-electron chi connectivity index (χ3n) is 2.09. The van der Waals surface area contributed by atoms with Crippen LogP contribution in [0, 0.1) is 0 Å². The lowest BCUT2D eigenvalue weighted by molar-refractivity contribution is -0.142. The van der Waals surface area contributed by atoms with E-state index in [1.54, 1.807) is 0 Å². The Labute approximate surface area is 94.8 Å². The third-order valence-corrected chi connectivity index (χ3v) is 2.09. The van der Waals surface area contributed by atoms with Crippen LogP contribution in [-0.4, -0.2) is 30.9 Å². The highest BCUT2D eigenvalue weighted by Crippen LogP contribution is 2.09. The number of benzene rings is 1. The molecule has 1 atom stereocenters. The van der Waals surface area contributed by atoms with E-state index in [-0.39, 0.29) is 6.42 Å². The molecule has 16 heavy (non-hydrogen) atoms. The van der Waals surface area contributed by atoms with Crippen LogP contribution in [0.2, 0.25) is 0 Å². The van der Waals surface area contributed by atoms with Gasteiger partial charge in [0.15, 0.2) is 0 Å². The first-order valence-corrected chi connectivity index (χ1v) is 5.15. The minimum atomic E-state index is -0.712. The Morgan fingerprint density at radius 3 is 2.69 bits per heavy atom. The van der Waals surface area contributed by atoms with Crippen LogP contribution in [0.3, 0.4) is 0 Å². The fourth-order valence-corrected chi connectivity index (χ4v) is 1.21. The molecular formula is C12H16O4. The van der Waals surface area contributed by atoms with Gasteiger partial charge in [-0.1, -0.05) is 18.2 Å². The molecule has 0 saturated carbocycles. The zero-order chi connectivity index (χ0) is 11.8. The second kappa shape index (κ2) is 6.85. The Kier molecular flexibility index (Phi) is 5.36. The number of aliphatic hydroxyl groups is 1. The van der Waals surface area contributed by atoms with Crippen molar-refractivity contribution in [2.45, 2.75) is 18.9 Å². The van der Waals surface area contributed by atoms with Crippen molar-refractivity contribution in [3.05, 3.63) is 30.3 Å². The van der Waals surface area contributed by atoms with Gasteiger partial charge in [-0.2, -0.15) is 0 Å². The molecule has 4 heteroatoms. The van der Waals surface area contributed by atoms with E-state index in [4.69, 9.17) is 4.74 Å². The summed E-state index contributed by atoms with van der Waals surface area (Å²) in [5.41, 5.74) is 0. The lowest BCUT2D eigenvalue weighted by Gasteiger charge is -2.10. The summed E-state index contributed by atoms with van der Waals surface area (Å²) in [6.45, 7) is 0.377. The van der Waals surface area contributed by atoms with E-state index < -0.39 is 12.1 Å². The van der Waals surface area contributed by atoms with Gasteiger partial charge in [-0.3, -0.25) is 4.79 Å². The average molecular weight is 224 g/mol. The van der Waals surface area contributed by atoms with Crippen LogP contribution in [0.1, 0.15) is 12.8 Å². The largest absolute Gasteiger partial charge is 0.493 e. The van der Waals surface area contributed by atoms with Crippen molar-refractivity contribution in [2.75, 3.05) is 13.7 Å². The van der Waals surface area contributed by atoms with Crippen LogP contribution in [0.4, 0.5) is 0 Å². The van der Waals surface area contributed by atoms with Crippen LogP contribution < -0.4 is 4.74 Å². The Balaban J connectivity index is 2.18. The van der Waals surface area contributed by atoms with E-state index in [0.717, 1.165) is 5.75 Å². The van der Waals surface area contributed by atoms with Crippen LogP contribution in [0.25, 0.3) is 0 Å². The average Bonchev–Trinajstić information content (AvgIpc) is 2.30. The van der Waals surface area contributed by atoms with E-state index in [9.17, 15) is 9.90 Å². The van der Waals surface area contributed by atoms with Crippen LogP contribution in [-0.2, 0) is 9.53 Å². The smallest absolute Gasteiger partial charge is 0.308 e. The molecule has 1 unspecified atom stereocenters. The zero-order valence-electron chi connectivity index (χ0n) is 9.26. The summed E-state index contributed by atoms with van der Waals surface area (Å²) in [4.78, 5) is 10.8. The van der Waals surface area contributed by atoms with Gasteiger partial charge in [0.2, 0.25) is 0 Å². The number of hydrogen-bond acceptors (Lipinski definition) is 4. The predicted octanol–water partition coefficient (Wildman–Crippen LogP) is 1.38. The summed E-state index contributed by atoms with van der Waals surface area (Å²) in [5.74, 6) is 0.347. The highest BCUT2D eigenvalue weighted by molar-refractivity contribution is 5.69. The zero-order valence-corrected chi connectivity index (χ0v) is 9.26. The molecule has 0 saturated heterocycles. The molecule has 0 aliphatic carbocycles. The second-order valence-corrected chi connectivity index (χ2v) is 3.38. The van der Waals surface area contributed by atoms with Crippen molar-refractivity contribution in [1.82, 2.24) is 0 Å². The van der Waals surface area contributed by atoms with Crippen molar-refractivity contribution in [1.29, 1.82) is 0 Å². The van der Waals surface area contributed by atoms with Crippen LogP contribution >= 0.6 is 0 Å². The molecule has 0 radical (unpaired) electrons. The number of hydrogen-bond donors (Lipinski definition) is 1. The maximum Gasteiger partial charge on any atom is 0.308 e. The van der Waals surface area contributed by atoms with E-state index in [0.29, 0.717) is 13.0 Å². The van der Waals surface area contributed by atoms with Gasteiger partial charge in [-0.05, 0) is 12.1 Å². The number of para-hydroxylation sites is 1. The summed E-state index contributed by atoms with van der Waals surface area (Å²) < 4.78 is 9.83. The standard InChI is InChI=1S/C12H16O4/c1-15-12(14)9-10(13)7-8-16-11-5-3-2-4-6-11/h2-6,10,13H,7-9H2,1H3. The summed E-state index contributed by atoms with van der Waals surface area (Å²) in [5, 5.41) is 9.45. The summed E-state index contributed by atoms with van der Waals surface area (Å²) in [6, 6.07) is 9.33. The summed E-state index contributed by atoms with van der Waals surface area (Å²) in [6.07, 6.45) is -0.297. The first kappa shape index (κ1) is 12.5. The molecule has 1 aromatic carbocycles. The molecule has 0 spiro atoms. The van der Waals surface area contributed by atoms with E-state index >= 15 is 0 Å².